The van der Waals surface area contributed by atoms with Crippen LogP contribution < -0.4 is 5.32 Å². The molecule has 2 rings (SSSR count). The van der Waals surface area contributed by atoms with Crippen LogP contribution in [0.3, 0.4) is 0 Å². The summed E-state index contributed by atoms with van der Waals surface area (Å²) in [5.41, 5.74) is 1.12. The van der Waals surface area contributed by atoms with Crippen molar-refractivity contribution in [1.82, 2.24) is 10.3 Å². The number of hydrogen-bond acceptors (Lipinski definition) is 3. The maximum atomic E-state index is 12.2. The minimum atomic E-state index is -0.954. The standard InChI is InChI=1S/C11H16N2OS/c1-9-4-6-13-11(7-9)15(14)10-3-2-5-12-8-10/h4,6-7,10,12H,2-3,5,8H2,1H3/t10-,15-/m1/s1. The molecule has 1 aromatic heterocycles. The van der Waals surface area contributed by atoms with E-state index in [1.807, 2.05) is 19.1 Å². The summed E-state index contributed by atoms with van der Waals surface area (Å²) in [6.45, 7) is 3.90. The fourth-order valence-electron chi connectivity index (χ4n) is 1.79. The zero-order chi connectivity index (χ0) is 10.7. The molecule has 1 N–H and O–H groups in total. The highest BCUT2D eigenvalue weighted by Crippen LogP contribution is 2.15. The Morgan fingerprint density at radius 1 is 1.60 bits per heavy atom. The van der Waals surface area contributed by atoms with E-state index in [4.69, 9.17) is 0 Å². The summed E-state index contributed by atoms with van der Waals surface area (Å²) in [6, 6.07) is 3.85. The van der Waals surface area contributed by atoms with Crippen LogP contribution in [0.4, 0.5) is 0 Å². The highest BCUT2D eigenvalue weighted by Gasteiger charge is 2.21. The zero-order valence-corrected chi connectivity index (χ0v) is 9.72. The predicted octanol–water partition coefficient (Wildman–Crippen LogP) is 1.25. The summed E-state index contributed by atoms with van der Waals surface area (Å²) in [6.07, 6.45) is 3.89. The van der Waals surface area contributed by atoms with Crippen LogP contribution in [0.15, 0.2) is 23.4 Å². The molecule has 0 radical (unpaired) electrons. The van der Waals surface area contributed by atoms with E-state index < -0.39 is 10.8 Å². The number of hydrogen-bond donors (Lipinski definition) is 1. The summed E-state index contributed by atoms with van der Waals surface area (Å²) in [5.74, 6) is 0. The predicted molar refractivity (Wildman–Crippen MR) is 61.3 cm³/mol. The second-order valence-electron chi connectivity index (χ2n) is 3.94. The Bertz CT molecular complexity index is 361. The molecule has 0 unspecified atom stereocenters. The first kappa shape index (κ1) is 10.8. The van der Waals surface area contributed by atoms with Crippen LogP contribution in [0, 0.1) is 6.92 Å². The van der Waals surface area contributed by atoms with E-state index >= 15 is 0 Å². The molecule has 0 saturated carbocycles. The number of nitrogens with one attached hydrogen (secondary N) is 1. The summed E-state index contributed by atoms with van der Waals surface area (Å²) in [5, 5.41) is 4.23. The third-order valence-electron chi connectivity index (χ3n) is 2.65. The van der Waals surface area contributed by atoms with Crippen LogP contribution in [-0.2, 0) is 10.8 Å². The molecule has 2 heterocycles. The molecule has 1 aliphatic heterocycles. The molecular formula is C11H16N2OS. The zero-order valence-electron chi connectivity index (χ0n) is 8.90. The third kappa shape index (κ3) is 2.63. The third-order valence-corrected chi connectivity index (χ3v) is 4.29. The summed E-state index contributed by atoms with van der Waals surface area (Å²) in [4.78, 5) is 4.19. The second kappa shape index (κ2) is 4.86. The monoisotopic (exact) mass is 224 g/mol. The molecule has 15 heavy (non-hydrogen) atoms. The Balaban J connectivity index is 2.12. The van der Waals surface area contributed by atoms with Crippen molar-refractivity contribution >= 4 is 10.8 Å². The van der Waals surface area contributed by atoms with Crippen molar-refractivity contribution in [2.24, 2.45) is 0 Å². The molecule has 1 saturated heterocycles. The van der Waals surface area contributed by atoms with Gasteiger partial charge in [-0.2, -0.15) is 0 Å². The first-order chi connectivity index (χ1) is 7.27. The van der Waals surface area contributed by atoms with Crippen molar-refractivity contribution in [2.45, 2.75) is 30.0 Å². The van der Waals surface area contributed by atoms with Crippen LogP contribution in [-0.4, -0.2) is 27.5 Å². The van der Waals surface area contributed by atoms with E-state index in [0.29, 0.717) is 0 Å². The van der Waals surface area contributed by atoms with E-state index in [1.54, 1.807) is 6.20 Å². The average Bonchev–Trinajstić information content (AvgIpc) is 2.29. The van der Waals surface area contributed by atoms with E-state index in [-0.39, 0.29) is 5.25 Å². The SMILES string of the molecule is Cc1ccnc([S@](=O)[C@@H]2CCCNC2)c1. The highest BCUT2D eigenvalue weighted by molar-refractivity contribution is 7.85. The van der Waals surface area contributed by atoms with Crippen LogP contribution in [0.1, 0.15) is 18.4 Å². The number of piperidine rings is 1. The minimum absolute atomic E-state index is 0.230. The summed E-state index contributed by atoms with van der Waals surface area (Å²) < 4.78 is 12.2. The number of pyridine rings is 1. The molecule has 0 spiro atoms. The fourth-order valence-corrected chi connectivity index (χ4v) is 3.25. The highest BCUT2D eigenvalue weighted by atomic mass is 32.2. The van der Waals surface area contributed by atoms with Gasteiger partial charge < -0.3 is 5.32 Å². The Hall–Kier alpha value is -0.740. The molecule has 82 valence electrons. The molecule has 3 nitrogen and oxygen atoms in total. The van der Waals surface area contributed by atoms with Crippen molar-refractivity contribution < 1.29 is 4.21 Å². The molecule has 1 aromatic rings. The van der Waals surface area contributed by atoms with Gasteiger partial charge in [0.15, 0.2) is 0 Å². The first-order valence-corrected chi connectivity index (χ1v) is 6.52. The molecule has 0 aliphatic carbocycles. The lowest BCUT2D eigenvalue weighted by Crippen LogP contribution is -2.36. The quantitative estimate of drug-likeness (QED) is 0.822. The first-order valence-electron chi connectivity index (χ1n) is 5.31. The number of nitrogens with zero attached hydrogens (tertiary/aromatic N) is 1. The Morgan fingerprint density at radius 3 is 3.13 bits per heavy atom. The Labute approximate surface area is 92.8 Å². The van der Waals surface area contributed by atoms with Gasteiger partial charge in [-0.3, -0.25) is 4.21 Å². The lowest BCUT2D eigenvalue weighted by molar-refractivity contribution is 0.519. The minimum Gasteiger partial charge on any atom is -0.316 e. The fraction of sp³-hybridized carbons (Fsp3) is 0.545. The van der Waals surface area contributed by atoms with E-state index in [2.05, 4.69) is 10.3 Å². The summed E-state index contributed by atoms with van der Waals surface area (Å²) >= 11 is 0. The van der Waals surface area contributed by atoms with Crippen molar-refractivity contribution in [3.05, 3.63) is 23.9 Å². The lowest BCUT2D eigenvalue weighted by Gasteiger charge is -2.21. The number of aryl methyl sites for hydroxylation is 1. The maximum absolute atomic E-state index is 12.2. The molecule has 4 heteroatoms. The van der Waals surface area contributed by atoms with Gasteiger partial charge in [-0.05, 0) is 44.0 Å². The van der Waals surface area contributed by atoms with E-state index in [1.165, 1.54) is 0 Å². The smallest absolute Gasteiger partial charge is 0.127 e. The Morgan fingerprint density at radius 2 is 2.47 bits per heavy atom. The molecule has 0 bridgehead atoms. The molecule has 1 fully saturated rings. The van der Waals surface area contributed by atoms with Gasteiger partial charge in [-0.25, -0.2) is 4.98 Å². The topological polar surface area (TPSA) is 42.0 Å². The molecule has 0 aromatic carbocycles. The molecule has 1 aliphatic rings. The summed E-state index contributed by atoms with van der Waals surface area (Å²) in [7, 11) is -0.954. The van der Waals surface area contributed by atoms with Gasteiger partial charge in [-0.1, -0.05) is 0 Å². The van der Waals surface area contributed by atoms with Gasteiger partial charge in [0.05, 0.1) is 16.0 Å². The van der Waals surface area contributed by atoms with Crippen molar-refractivity contribution in [3.63, 3.8) is 0 Å². The van der Waals surface area contributed by atoms with Gasteiger partial charge in [0.25, 0.3) is 0 Å². The van der Waals surface area contributed by atoms with Gasteiger partial charge in [-0.15, -0.1) is 0 Å². The second-order valence-corrected chi connectivity index (χ2v) is 5.62. The maximum Gasteiger partial charge on any atom is 0.127 e. The van der Waals surface area contributed by atoms with Gasteiger partial charge >= 0.3 is 0 Å². The van der Waals surface area contributed by atoms with Crippen molar-refractivity contribution in [3.8, 4) is 0 Å². The normalized spacial score (nSPS) is 23.7. The van der Waals surface area contributed by atoms with Crippen molar-refractivity contribution in [2.75, 3.05) is 13.1 Å². The average molecular weight is 224 g/mol. The number of rotatable bonds is 2. The molecular weight excluding hydrogens is 208 g/mol. The van der Waals surface area contributed by atoms with Gasteiger partial charge in [0.1, 0.15) is 5.03 Å². The van der Waals surface area contributed by atoms with Crippen LogP contribution in [0.2, 0.25) is 0 Å². The van der Waals surface area contributed by atoms with Crippen LogP contribution >= 0.6 is 0 Å². The number of aromatic nitrogens is 1. The van der Waals surface area contributed by atoms with Crippen LogP contribution in [0.25, 0.3) is 0 Å². The molecule has 0 amide bonds. The van der Waals surface area contributed by atoms with Crippen LogP contribution in [0.5, 0.6) is 0 Å². The lowest BCUT2D eigenvalue weighted by atomic mass is 10.2. The van der Waals surface area contributed by atoms with E-state index in [0.717, 1.165) is 36.5 Å². The Kier molecular flexibility index (Phi) is 3.49. The van der Waals surface area contributed by atoms with E-state index in [9.17, 15) is 4.21 Å². The largest absolute Gasteiger partial charge is 0.316 e. The van der Waals surface area contributed by atoms with Gasteiger partial charge in [0, 0.05) is 12.7 Å². The molecule has 2 atom stereocenters. The van der Waals surface area contributed by atoms with Crippen molar-refractivity contribution in [1.29, 1.82) is 0 Å². The van der Waals surface area contributed by atoms with Gasteiger partial charge in [0.2, 0.25) is 0 Å².